The Morgan fingerprint density at radius 3 is 2.67 bits per heavy atom. The topological polar surface area (TPSA) is 89.7 Å². The molecule has 1 amide bonds. The van der Waals surface area contributed by atoms with Gasteiger partial charge in [0.15, 0.2) is 0 Å². The van der Waals surface area contributed by atoms with Crippen LogP contribution >= 0.6 is 35.8 Å². The van der Waals surface area contributed by atoms with Crippen LogP contribution in [0.5, 0.6) is 0 Å². The van der Waals surface area contributed by atoms with Gasteiger partial charge in [-0.25, -0.2) is 4.79 Å². The van der Waals surface area contributed by atoms with Crippen LogP contribution in [-0.4, -0.2) is 32.8 Å². The highest BCUT2D eigenvalue weighted by molar-refractivity contribution is 8.00. The molecule has 0 bridgehead atoms. The Hall–Kier alpha value is -1.77. The van der Waals surface area contributed by atoms with Crippen LogP contribution in [0.15, 0.2) is 35.0 Å². The highest BCUT2D eigenvalue weighted by Gasteiger charge is 2.45. The number of non-ortho nitro benzene ring substituents is 1. The SMILES string of the molecule is Cl.O=C(OCc1ccc([N+](=O)[O-])cc1)C1=C(Cl)CSC2CC(=O)N12. The normalized spacial score (nSPS) is 19.1. The summed E-state index contributed by atoms with van der Waals surface area (Å²) in [4.78, 5) is 35.3. The van der Waals surface area contributed by atoms with Gasteiger partial charge in [-0.3, -0.25) is 19.8 Å². The lowest BCUT2D eigenvalue weighted by Crippen LogP contribution is -2.53. The van der Waals surface area contributed by atoms with Crippen molar-refractivity contribution in [3.05, 3.63) is 50.7 Å². The molecule has 1 unspecified atom stereocenters. The lowest BCUT2D eigenvalue weighted by molar-refractivity contribution is -0.384. The van der Waals surface area contributed by atoms with Crippen LogP contribution in [0.3, 0.4) is 0 Å². The fourth-order valence-electron chi connectivity index (χ4n) is 2.30. The summed E-state index contributed by atoms with van der Waals surface area (Å²) in [6.07, 6.45) is 0.397. The number of β-lactam (4-membered cyclic amide) rings is 1. The summed E-state index contributed by atoms with van der Waals surface area (Å²) in [7, 11) is 0. The second kappa shape index (κ2) is 7.42. The molecule has 1 atom stereocenters. The highest BCUT2D eigenvalue weighted by atomic mass is 35.5. The molecule has 0 aliphatic carbocycles. The smallest absolute Gasteiger partial charge is 0.356 e. The van der Waals surface area contributed by atoms with Gasteiger partial charge in [0.1, 0.15) is 12.3 Å². The molecule has 0 N–H and O–H groups in total. The summed E-state index contributed by atoms with van der Waals surface area (Å²) in [5, 5.41) is 10.8. The molecule has 128 valence electrons. The molecule has 2 heterocycles. The van der Waals surface area contributed by atoms with Crippen LogP contribution < -0.4 is 0 Å². The number of nitro benzene ring substituents is 1. The number of nitro groups is 1. The molecule has 7 nitrogen and oxygen atoms in total. The van der Waals surface area contributed by atoms with E-state index >= 15 is 0 Å². The van der Waals surface area contributed by atoms with E-state index < -0.39 is 10.9 Å². The molecular weight excluding hydrogens is 379 g/mol. The van der Waals surface area contributed by atoms with Crippen LogP contribution in [-0.2, 0) is 20.9 Å². The third-order valence-electron chi connectivity index (χ3n) is 3.52. The molecule has 0 aromatic heterocycles. The Labute approximate surface area is 152 Å². The predicted octanol–water partition coefficient (Wildman–Crippen LogP) is 2.82. The van der Waals surface area contributed by atoms with Crippen LogP contribution in [0.1, 0.15) is 12.0 Å². The third kappa shape index (κ3) is 3.50. The van der Waals surface area contributed by atoms with Gasteiger partial charge in [0.2, 0.25) is 5.91 Å². The third-order valence-corrected chi connectivity index (χ3v) is 5.21. The van der Waals surface area contributed by atoms with Crippen LogP contribution in [0.4, 0.5) is 5.69 Å². The van der Waals surface area contributed by atoms with Gasteiger partial charge in [-0.05, 0) is 17.7 Å². The molecule has 3 rings (SSSR count). The second-order valence-electron chi connectivity index (χ2n) is 4.99. The van der Waals surface area contributed by atoms with E-state index in [1.807, 2.05) is 0 Å². The number of halogens is 2. The molecule has 10 heteroatoms. The first-order valence-corrected chi connectivity index (χ1v) is 8.13. The van der Waals surface area contributed by atoms with E-state index in [9.17, 15) is 19.7 Å². The summed E-state index contributed by atoms with van der Waals surface area (Å²) in [5.41, 5.74) is 0.676. The molecular formula is C14H12Cl2N2O5S. The Morgan fingerprint density at radius 2 is 2.08 bits per heavy atom. The zero-order chi connectivity index (χ0) is 16.6. The Kier molecular flexibility index (Phi) is 5.74. The summed E-state index contributed by atoms with van der Waals surface area (Å²) in [5.74, 6) is -0.341. The van der Waals surface area contributed by atoms with Gasteiger partial charge >= 0.3 is 5.97 Å². The summed E-state index contributed by atoms with van der Waals surface area (Å²) in [6.45, 7) is -0.0513. The van der Waals surface area contributed by atoms with E-state index in [2.05, 4.69) is 0 Å². The van der Waals surface area contributed by atoms with Gasteiger partial charge in [0.25, 0.3) is 5.69 Å². The standard InChI is InChI=1S/C14H11ClN2O5S.ClH/c15-10-7-23-12-5-11(18)16(12)13(10)14(19)22-6-8-1-3-9(4-2-8)17(20)21;/h1-4,12H,5-7H2;1H. The van der Waals surface area contributed by atoms with E-state index in [0.717, 1.165) is 0 Å². The quantitative estimate of drug-likeness (QED) is 0.339. The number of esters is 1. The van der Waals surface area contributed by atoms with Gasteiger partial charge < -0.3 is 4.74 Å². The van der Waals surface area contributed by atoms with E-state index in [0.29, 0.717) is 22.8 Å². The van der Waals surface area contributed by atoms with Crippen LogP contribution in [0.2, 0.25) is 0 Å². The first-order chi connectivity index (χ1) is 11.0. The van der Waals surface area contributed by atoms with E-state index in [-0.39, 0.29) is 41.7 Å². The van der Waals surface area contributed by atoms with Crippen molar-refractivity contribution in [3.8, 4) is 0 Å². The lowest BCUT2D eigenvalue weighted by atomic mass is 10.1. The van der Waals surface area contributed by atoms with Crippen molar-refractivity contribution in [1.82, 2.24) is 4.90 Å². The maximum absolute atomic E-state index is 12.2. The number of carbonyl (C=O) groups is 2. The van der Waals surface area contributed by atoms with Gasteiger partial charge in [-0.2, -0.15) is 0 Å². The minimum atomic E-state index is -0.660. The van der Waals surface area contributed by atoms with E-state index in [4.69, 9.17) is 16.3 Å². The van der Waals surface area contributed by atoms with E-state index in [1.54, 1.807) is 0 Å². The van der Waals surface area contributed by atoms with Crippen molar-refractivity contribution < 1.29 is 19.2 Å². The molecule has 1 fully saturated rings. The minimum absolute atomic E-state index is 0. The van der Waals surface area contributed by atoms with Crippen molar-refractivity contribution in [1.29, 1.82) is 0 Å². The summed E-state index contributed by atoms with van der Waals surface area (Å²) < 4.78 is 5.19. The number of carbonyl (C=O) groups excluding carboxylic acids is 2. The fourth-order valence-corrected chi connectivity index (χ4v) is 3.76. The maximum Gasteiger partial charge on any atom is 0.356 e. The van der Waals surface area contributed by atoms with Crippen molar-refractivity contribution >= 4 is 53.3 Å². The molecule has 2 aliphatic rings. The number of rotatable bonds is 4. The van der Waals surface area contributed by atoms with E-state index in [1.165, 1.54) is 40.9 Å². The maximum atomic E-state index is 12.2. The molecule has 0 radical (unpaired) electrons. The molecule has 1 aromatic rings. The first kappa shape index (κ1) is 18.6. The molecule has 0 spiro atoms. The molecule has 0 saturated carbocycles. The number of hydrogen-bond acceptors (Lipinski definition) is 6. The van der Waals surface area contributed by atoms with Gasteiger partial charge in [-0.1, -0.05) is 11.6 Å². The highest BCUT2D eigenvalue weighted by Crippen LogP contribution is 2.41. The number of amides is 1. The zero-order valence-electron chi connectivity index (χ0n) is 12.1. The average molecular weight is 391 g/mol. The van der Waals surface area contributed by atoms with Crippen molar-refractivity contribution in [2.75, 3.05) is 5.75 Å². The molecule has 24 heavy (non-hydrogen) atoms. The lowest BCUT2D eigenvalue weighted by Gasteiger charge is -2.43. The fraction of sp³-hybridized carbons (Fsp3) is 0.286. The number of nitrogens with zero attached hydrogens (tertiary/aromatic N) is 2. The van der Waals surface area contributed by atoms with Gasteiger partial charge in [-0.15, -0.1) is 24.2 Å². The van der Waals surface area contributed by atoms with Crippen molar-refractivity contribution in [2.45, 2.75) is 18.4 Å². The largest absolute Gasteiger partial charge is 0.456 e. The Bertz CT molecular complexity index is 722. The number of benzene rings is 1. The zero-order valence-corrected chi connectivity index (χ0v) is 14.5. The summed E-state index contributed by atoms with van der Waals surface area (Å²) in [6, 6.07) is 5.69. The number of hydrogen-bond donors (Lipinski definition) is 0. The Morgan fingerprint density at radius 1 is 1.42 bits per heavy atom. The van der Waals surface area contributed by atoms with Gasteiger partial charge in [0, 0.05) is 17.9 Å². The number of fused-ring (bicyclic) bond motifs is 1. The van der Waals surface area contributed by atoms with Crippen LogP contribution in [0, 0.1) is 10.1 Å². The van der Waals surface area contributed by atoms with Gasteiger partial charge in [0.05, 0.1) is 21.8 Å². The average Bonchev–Trinajstić information content (AvgIpc) is 2.53. The monoisotopic (exact) mass is 390 g/mol. The Balaban J connectivity index is 0.00000208. The minimum Gasteiger partial charge on any atom is -0.456 e. The molecule has 1 saturated heterocycles. The molecule has 2 aliphatic heterocycles. The van der Waals surface area contributed by atoms with Crippen molar-refractivity contribution in [3.63, 3.8) is 0 Å². The van der Waals surface area contributed by atoms with Crippen LogP contribution in [0.25, 0.3) is 0 Å². The second-order valence-corrected chi connectivity index (χ2v) is 6.61. The first-order valence-electron chi connectivity index (χ1n) is 6.70. The number of thioether (sulfide) groups is 1. The predicted molar refractivity (Wildman–Crippen MR) is 90.7 cm³/mol. The number of ether oxygens (including phenoxy) is 1. The molecule has 1 aromatic carbocycles. The summed E-state index contributed by atoms with van der Waals surface area (Å²) >= 11 is 7.57. The van der Waals surface area contributed by atoms with Crippen molar-refractivity contribution in [2.24, 2.45) is 0 Å².